The average Bonchev–Trinajstić information content (AvgIpc) is 2.25. The Morgan fingerprint density at radius 2 is 1.72 bits per heavy atom. The van der Waals surface area contributed by atoms with Crippen LogP contribution in [0.4, 0.5) is 0 Å². The first-order valence-electron chi connectivity index (χ1n) is 6.32. The van der Waals surface area contributed by atoms with E-state index in [1.165, 1.54) is 5.56 Å². The molecule has 1 unspecified atom stereocenters. The molecular formula is C15H23NO2. The summed E-state index contributed by atoms with van der Waals surface area (Å²) >= 11 is 0. The zero-order valence-electron chi connectivity index (χ0n) is 11.7. The molecule has 1 rings (SSSR count). The molecule has 18 heavy (non-hydrogen) atoms. The van der Waals surface area contributed by atoms with Gasteiger partial charge in [-0.1, -0.05) is 45.0 Å². The van der Waals surface area contributed by atoms with E-state index in [0.717, 1.165) is 12.1 Å². The third-order valence-corrected chi connectivity index (χ3v) is 3.29. The Bertz CT molecular complexity index is 390. The minimum atomic E-state index is -0.790. The molecule has 0 fully saturated rings. The molecule has 0 saturated carbocycles. The fourth-order valence-corrected chi connectivity index (χ4v) is 1.53. The van der Waals surface area contributed by atoms with E-state index >= 15 is 0 Å². The maximum atomic E-state index is 10.6. The lowest BCUT2D eigenvalue weighted by Gasteiger charge is -2.28. The highest BCUT2D eigenvalue weighted by molar-refractivity contribution is 5.70. The van der Waals surface area contributed by atoms with Crippen LogP contribution >= 0.6 is 0 Å². The van der Waals surface area contributed by atoms with E-state index in [2.05, 4.69) is 33.0 Å². The van der Waals surface area contributed by atoms with Gasteiger partial charge in [-0.3, -0.25) is 4.79 Å². The Hall–Kier alpha value is -1.35. The van der Waals surface area contributed by atoms with Gasteiger partial charge in [0.05, 0.1) is 6.42 Å². The number of aliphatic carboxylic acids is 1. The number of hydrogen-bond donors (Lipinski definition) is 2. The molecule has 3 heteroatoms. The molecule has 0 aromatic heterocycles. The zero-order valence-corrected chi connectivity index (χ0v) is 11.7. The predicted molar refractivity (Wildman–Crippen MR) is 73.5 cm³/mol. The van der Waals surface area contributed by atoms with Gasteiger partial charge in [0.15, 0.2) is 0 Å². The summed E-state index contributed by atoms with van der Waals surface area (Å²) in [6, 6.07) is 8.16. The minimum absolute atomic E-state index is 0.0894. The van der Waals surface area contributed by atoms with Crippen LogP contribution < -0.4 is 5.32 Å². The quantitative estimate of drug-likeness (QED) is 0.843. The number of hydrogen-bond acceptors (Lipinski definition) is 2. The molecule has 0 aliphatic rings. The van der Waals surface area contributed by atoms with Crippen molar-refractivity contribution in [1.82, 2.24) is 5.32 Å². The molecule has 0 aliphatic heterocycles. The molecule has 0 amide bonds. The summed E-state index contributed by atoms with van der Waals surface area (Å²) < 4.78 is 0. The summed E-state index contributed by atoms with van der Waals surface area (Å²) in [6.45, 7) is 9.62. The van der Waals surface area contributed by atoms with Gasteiger partial charge in [0.1, 0.15) is 0 Å². The molecular weight excluding hydrogens is 226 g/mol. The molecule has 3 nitrogen and oxygen atoms in total. The molecule has 100 valence electrons. The first kappa shape index (κ1) is 14.7. The van der Waals surface area contributed by atoms with Gasteiger partial charge < -0.3 is 10.4 Å². The van der Waals surface area contributed by atoms with Gasteiger partial charge >= 0.3 is 5.97 Å². The fraction of sp³-hybridized carbons (Fsp3) is 0.533. The van der Waals surface area contributed by atoms with Crippen LogP contribution in [0.15, 0.2) is 24.3 Å². The topological polar surface area (TPSA) is 49.3 Å². The van der Waals surface area contributed by atoms with Crippen LogP contribution in [0.5, 0.6) is 0 Å². The maximum Gasteiger partial charge on any atom is 0.307 e. The fourth-order valence-electron chi connectivity index (χ4n) is 1.53. The maximum absolute atomic E-state index is 10.6. The summed E-state index contributed by atoms with van der Waals surface area (Å²) in [4.78, 5) is 10.6. The molecule has 0 aliphatic carbocycles. The van der Waals surface area contributed by atoms with E-state index in [9.17, 15) is 4.79 Å². The van der Waals surface area contributed by atoms with Crippen LogP contribution in [0.1, 0.15) is 38.8 Å². The number of carbonyl (C=O) groups is 1. The van der Waals surface area contributed by atoms with Crippen LogP contribution in [0.3, 0.4) is 0 Å². The summed E-state index contributed by atoms with van der Waals surface area (Å²) in [5.41, 5.74) is 2.26. The van der Waals surface area contributed by atoms with Crippen LogP contribution in [-0.2, 0) is 17.8 Å². The molecule has 0 bridgehead atoms. The number of rotatable bonds is 5. The van der Waals surface area contributed by atoms with E-state index in [1.807, 2.05) is 24.3 Å². The predicted octanol–water partition coefficient (Wildman–Crippen LogP) is 2.84. The van der Waals surface area contributed by atoms with Crippen molar-refractivity contribution >= 4 is 5.97 Å². The summed E-state index contributed by atoms with van der Waals surface area (Å²) in [5.74, 6) is -0.790. The van der Waals surface area contributed by atoms with E-state index in [-0.39, 0.29) is 11.8 Å². The van der Waals surface area contributed by atoms with E-state index < -0.39 is 5.97 Å². The van der Waals surface area contributed by atoms with Crippen LogP contribution in [0.25, 0.3) is 0 Å². The van der Waals surface area contributed by atoms with Crippen LogP contribution in [-0.4, -0.2) is 17.1 Å². The van der Waals surface area contributed by atoms with Crippen molar-refractivity contribution in [2.24, 2.45) is 5.41 Å². The second kappa shape index (κ2) is 6.01. The highest BCUT2D eigenvalue weighted by atomic mass is 16.4. The molecule has 1 aromatic rings. The SMILES string of the molecule is CC(NCc1ccc(CC(=O)O)cc1)C(C)(C)C. The first-order valence-corrected chi connectivity index (χ1v) is 6.32. The second-order valence-corrected chi connectivity index (χ2v) is 5.86. The largest absolute Gasteiger partial charge is 0.481 e. The van der Waals surface area contributed by atoms with Crippen LogP contribution in [0.2, 0.25) is 0 Å². The molecule has 0 radical (unpaired) electrons. The lowest BCUT2D eigenvalue weighted by molar-refractivity contribution is -0.136. The average molecular weight is 249 g/mol. The summed E-state index contributed by atoms with van der Waals surface area (Å²) in [6.07, 6.45) is 0.0894. The number of nitrogens with one attached hydrogen (secondary N) is 1. The highest BCUT2D eigenvalue weighted by Crippen LogP contribution is 2.18. The first-order chi connectivity index (χ1) is 8.29. The lowest BCUT2D eigenvalue weighted by Crippen LogP contribution is -2.37. The highest BCUT2D eigenvalue weighted by Gasteiger charge is 2.18. The van der Waals surface area contributed by atoms with Crippen molar-refractivity contribution in [1.29, 1.82) is 0 Å². The third-order valence-electron chi connectivity index (χ3n) is 3.29. The molecule has 0 saturated heterocycles. The summed E-state index contributed by atoms with van der Waals surface area (Å²) in [5, 5.41) is 12.2. The zero-order chi connectivity index (χ0) is 13.8. The van der Waals surface area contributed by atoms with Gasteiger partial charge in [0.25, 0.3) is 0 Å². The molecule has 0 spiro atoms. The number of carboxylic acids is 1. The van der Waals surface area contributed by atoms with Gasteiger partial charge in [-0.2, -0.15) is 0 Å². The van der Waals surface area contributed by atoms with Crippen molar-refractivity contribution < 1.29 is 9.90 Å². The van der Waals surface area contributed by atoms with Crippen molar-refractivity contribution in [2.75, 3.05) is 0 Å². The molecule has 1 atom stereocenters. The Morgan fingerprint density at radius 1 is 1.22 bits per heavy atom. The molecule has 2 N–H and O–H groups in total. The van der Waals surface area contributed by atoms with Gasteiger partial charge in [-0.25, -0.2) is 0 Å². The van der Waals surface area contributed by atoms with E-state index in [0.29, 0.717) is 6.04 Å². The van der Waals surface area contributed by atoms with Crippen molar-refractivity contribution in [3.05, 3.63) is 35.4 Å². The Balaban J connectivity index is 2.51. The van der Waals surface area contributed by atoms with Gasteiger partial charge in [0.2, 0.25) is 0 Å². The van der Waals surface area contributed by atoms with Crippen LogP contribution in [0, 0.1) is 5.41 Å². The van der Waals surface area contributed by atoms with Gasteiger partial charge in [-0.15, -0.1) is 0 Å². The standard InChI is InChI=1S/C15H23NO2/c1-11(15(2,3)4)16-10-13-7-5-12(6-8-13)9-14(17)18/h5-8,11,16H,9-10H2,1-4H3,(H,17,18). The van der Waals surface area contributed by atoms with Gasteiger partial charge in [-0.05, 0) is 23.5 Å². The van der Waals surface area contributed by atoms with E-state index in [4.69, 9.17) is 5.11 Å². The Labute approximate surface area is 109 Å². The molecule has 1 aromatic carbocycles. The number of benzene rings is 1. The van der Waals surface area contributed by atoms with Crippen molar-refractivity contribution in [3.63, 3.8) is 0 Å². The van der Waals surface area contributed by atoms with E-state index in [1.54, 1.807) is 0 Å². The normalized spacial score (nSPS) is 13.3. The molecule has 0 heterocycles. The van der Waals surface area contributed by atoms with Crippen molar-refractivity contribution in [2.45, 2.75) is 46.7 Å². The Morgan fingerprint density at radius 3 is 2.17 bits per heavy atom. The van der Waals surface area contributed by atoms with Gasteiger partial charge in [0, 0.05) is 12.6 Å². The van der Waals surface area contributed by atoms with Crippen molar-refractivity contribution in [3.8, 4) is 0 Å². The second-order valence-electron chi connectivity index (χ2n) is 5.86. The monoisotopic (exact) mass is 249 g/mol. The number of carboxylic acid groups (broad SMARTS) is 1. The third kappa shape index (κ3) is 4.88. The lowest BCUT2D eigenvalue weighted by atomic mass is 9.88. The minimum Gasteiger partial charge on any atom is -0.481 e. The Kier molecular flexibility index (Phi) is 4.91. The smallest absolute Gasteiger partial charge is 0.307 e. The summed E-state index contributed by atoms with van der Waals surface area (Å²) in [7, 11) is 0.